The topological polar surface area (TPSA) is 29.5 Å². The van der Waals surface area contributed by atoms with Gasteiger partial charge in [-0.1, -0.05) is 30.4 Å². The van der Waals surface area contributed by atoms with Gasteiger partial charge in [0, 0.05) is 6.42 Å². The molecule has 2 nitrogen and oxygen atoms in total. The first-order chi connectivity index (χ1) is 10.3. The normalized spacial score (nSPS) is 23.9. The molecule has 112 valence electrons. The quantitative estimate of drug-likeness (QED) is 0.847. The summed E-state index contributed by atoms with van der Waals surface area (Å²) in [5.41, 5.74) is 1.07. The lowest BCUT2D eigenvalue weighted by Crippen LogP contribution is -2.25. The molecule has 1 aliphatic heterocycles. The summed E-state index contributed by atoms with van der Waals surface area (Å²) >= 11 is 0. The van der Waals surface area contributed by atoms with Crippen molar-refractivity contribution in [2.24, 2.45) is 0 Å². The molecule has 1 fully saturated rings. The zero-order chi connectivity index (χ0) is 14.5. The van der Waals surface area contributed by atoms with Crippen LogP contribution in [0.5, 0.6) is 5.75 Å². The van der Waals surface area contributed by atoms with Crippen molar-refractivity contribution < 1.29 is 9.84 Å². The van der Waals surface area contributed by atoms with Gasteiger partial charge in [-0.3, -0.25) is 0 Å². The third-order valence-corrected chi connectivity index (χ3v) is 6.53. The van der Waals surface area contributed by atoms with Gasteiger partial charge in [0.25, 0.3) is 0 Å². The SMILES string of the molecule is OC(C[S+]1CCCC1)C1=CCC(Oc2ccccc2)C=C1. The van der Waals surface area contributed by atoms with Crippen molar-refractivity contribution >= 4 is 10.9 Å². The Labute approximate surface area is 129 Å². The molecule has 1 heterocycles. The molecule has 0 saturated carbocycles. The van der Waals surface area contributed by atoms with E-state index >= 15 is 0 Å². The molecule has 21 heavy (non-hydrogen) atoms. The number of aliphatic hydroxyl groups excluding tert-OH is 1. The minimum Gasteiger partial charge on any atom is -0.486 e. The first-order valence-electron chi connectivity index (χ1n) is 7.73. The van der Waals surface area contributed by atoms with Gasteiger partial charge in [-0.15, -0.1) is 0 Å². The Morgan fingerprint density at radius 2 is 1.95 bits per heavy atom. The number of hydrogen-bond acceptors (Lipinski definition) is 2. The van der Waals surface area contributed by atoms with E-state index in [4.69, 9.17) is 4.74 Å². The fraction of sp³-hybridized carbons (Fsp3) is 0.444. The van der Waals surface area contributed by atoms with Crippen LogP contribution in [-0.4, -0.2) is 34.6 Å². The van der Waals surface area contributed by atoms with Crippen LogP contribution in [0.2, 0.25) is 0 Å². The molecule has 1 aliphatic carbocycles. The first kappa shape index (κ1) is 14.7. The van der Waals surface area contributed by atoms with Crippen molar-refractivity contribution in [3.63, 3.8) is 0 Å². The zero-order valence-electron chi connectivity index (χ0n) is 12.3. The lowest BCUT2D eigenvalue weighted by molar-refractivity contribution is 0.229. The summed E-state index contributed by atoms with van der Waals surface area (Å²) < 4.78 is 5.91. The summed E-state index contributed by atoms with van der Waals surface area (Å²) in [6.45, 7) is 0. The summed E-state index contributed by atoms with van der Waals surface area (Å²) in [6, 6.07) is 9.90. The molecule has 0 bridgehead atoms. The lowest BCUT2D eigenvalue weighted by Gasteiger charge is -2.20. The Morgan fingerprint density at radius 3 is 2.62 bits per heavy atom. The molecule has 2 unspecified atom stereocenters. The van der Waals surface area contributed by atoms with E-state index in [0.717, 1.165) is 23.5 Å². The van der Waals surface area contributed by atoms with Crippen molar-refractivity contribution in [3.05, 3.63) is 54.1 Å². The van der Waals surface area contributed by atoms with Crippen LogP contribution in [0.4, 0.5) is 0 Å². The second-order valence-electron chi connectivity index (χ2n) is 5.68. The predicted octanol–water partition coefficient (Wildman–Crippen LogP) is 3.09. The highest BCUT2D eigenvalue weighted by atomic mass is 32.2. The second-order valence-corrected chi connectivity index (χ2v) is 8.05. The van der Waals surface area contributed by atoms with Crippen LogP contribution < -0.4 is 4.74 Å². The van der Waals surface area contributed by atoms with Gasteiger partial charge in [-0.25, -0.2) is 0 Å². The zero-order valence-corrected chi connectivity index (χ0v) is 13.1. The number of rotatable bonds is 5. The summed E-state index contributed by atoms with van der Waals surface area (Å²) in [7, 11) is 0.445. The molecule has 0 spiro atoms. The maximum Gasteiger partial charge on any atom is 0.138 e. The molecule has 0 radical (unpaired) electrons. The second kappa shape index (κ2) is 7.19. The van der Waals surface area contributed by atoms with Gasteiger partial charge in [0.1, 0.15) is 35.2 Å². The third-order valence-electron chi connectivity index (χ3n) is 4.01. The first-order valence-corrected chi connectivity index (χ1v) is 9.46. The summed E-state index contributed by atoms with van der Waals surface area (Å²) in [6.07, 6.45) is 9.57. The highest BCUT2D eigenvalue weighted by Gasteiger charge is 2.28. The van der Waals surface area contributed by atoms with Gasteiger partial charge in [-0.05, 0) is 47.5 Å². The van der Waals surface area contributed by atoms with Crippen LogP contribution in [0.1, 0.15) is 19.3 Å². The Morgan fingerprint density at radius 1 is 1.19 bits per heavy atom. The van der Waals surface area contributed by atoms with Crippen LogP contribution in [0.3, 0.4) is 0 Å². The molecule has 2 atom stereocenters. The molecule has 1 aromatic rings. The van der Waals surface area contributed by atoms with Crippen molar-refractivity contribution in [2.45, 2.75) is 31.5 Å². The third kappa shape index (κ3) is 4.14. The number of aliphatic hydroxyl groups is 1. The molecule has 0 amide bonds. The molecule has 1 aromatic carbocycles. The number of hydrogen-bond donors (Lipinski definition) is 1. The smallest absolute Gasteiger partial charge is 0.138 e. The number of ether oxygens (including phenoxy) is 1. The van der Waals surface area contributed by atoms with E-state index in [0.29, 0.717) is 10.9 Å². The van der Waals surface area contributed by atoms with Gasteiger partial charge in [-0.2, -0.15) is 0 Å². The highest BCUT2D eigenvalue weighted by molar-refractivity contribution is 7.97. The van der Waals surface area contributed by atoms with Crippen LogP contribution in [0.15, 0.2) is 54.1 Å². The molecule has 3 heteroatoms. The minimum atomic E-state index is -0.291. The van der Waals surface area contributed by atoms with E-state index in [1.54, 1.807) is 0 Å². The number of benzene rings is 1. The van der Waals surface area contributed by atoms with E-state index in [-0.39, 0.29) is 12.2 Å². The van der Waals surface area contributed by atoms with E-state index in [2.05, 4.69) is 12.2 Å². The van der Waals surface area contributed by atoms with Gasteiger partial charge in [0.15, 0.2) is 0 Å². The van der Waals surface area contributed by atoms with E-state index in [9.17, 15) is 5.11 Å². The minimum absolute atomic E-state index is 0.0808. The van der Waals surface area contributed by atoms with Crippen molar-refractivity contribution in [2.75, 3.05) is 17.3 Å². The molecule has 1 saturated heterocycles. The van der Waals surface area contributed by atoms with Crippen LogP contribution >= 0.6 is 0 Å². The largest absolute Gasteiger partial charge is 0.486 e. The molecule has 3 rings (SSSR count). The standard InChI is InChI=1S/C18H23O2S/c19-18(14-21-12-4-5-13-21)15-8-10-17(11-9-15)20-16-6-2-1-3-7-16/h1-3,6-10,17-19H,4-5,11-14H2/q+1. The van der Waals surface area contributed by atoms with Gasteiger partial charge >= 0.3 is 0 Å². The van der Waals surface area contributed by atoms with Gasteiger partial charge < -0.3 is 9.84 Å². The molecule has 0 aromatic heterocycles. The van der Waals surface area contributed by atoms with Gasteiger partial charge in [0.05, 0.1) is 0 Å². The maximum absolute atomic E-state index is 10.4. The average Bonchev–Trinajstić information content (AvgIpc) is 3.02. The maximum atomic E-state index is 10.4. The molecule has 1 N–H and O–H groups in total. The van der Waals surface area contributed by atoms with Crippen LogP contribution in [0.25, 0.3) is 0 Å². The van der Waals surface area contributed by atoms with Crippen LogP contribution in [-0.2, 0) is 10.9 Å². The highest BCUT2D eigenvalue weighted by Crippen LogP contribution is 2.22. The predicted molar refractivity (Wildman–Crippen MR) is 89.9 cm³/mol. The Kier molecular flexibility index (Phi) is 5.04. The van der Waals surface area contributed by atoms with E-state index in [1.165, 1.54) is 24.3 Å². The monoisotopic (exact) mass is 303 g/mol. The summed E-state index contributed by atoms with van der Waals surface area (Å²) in [5.74, 6) is 4.47. The van der Waals surface area contributed by atoms with E-state index < -0.39 is 0 Å². The van der Waals surface area contributed by atoms with E-state index in [1.807, 2.05) is 36.4 Å². The summed E-state index contributed by atoms with van der Waals surface area (Å²) in [5, 5.41) is 10.4. The molecular weight excluding hydrogens is 280 g/mol. The Bertz CT molecular complexity index is 503. The Hall–Kier alpha value is -1.19. The molecular formula is C18H23O2S+. The lowest BCUT2D eigenvalue weighted by atomic mass is 10.0. The average molecular weight is 303 g/mol. The van der Waals surface area contributed by atoms with Crippen molar-refractivity contribution in [1.29, 1.82) is 0 Å². The Balaban J connectivity index is 1.51. The van der Waals surface area contributed by atoms with Crippen LogP contribution in [0, 0.1) is 0 Å². The molecule has 2 aliphatic rings. The van der Waals surface area contributed by atoms with Gasteiger partial charge in [0.2, 0.25) is 0 Å². The fourth-order valence-corrected chi connectivity index (χ4v) is 5.23. The summed E-state index contributed by atoms with van der Waals surface area (Å²) in [4.78, 5) is 0. The van der Waals surface area contributed by atoms with Crippen molar-refractivity contribution in [1.82, 2.24) is 0 Å². The fourth-order valence-electron chi connectivity index (χ4n) is 2.83. The van der Waals surface area contributed by atoms with Crippen molar-refractivity contribution in [3.8, 4) is 5.75 Å². The number of para-hydroxylation sites is 1.